The second-order valence-corrected chi connectivity index (χ2v) is 3.86. The van der Waals surface area contributed by atoms with Crippen molar-refractivity contribution in [1.29, 1.82) is 0 Å². The van der Waals surface area contributed by atoms with E-state index in [1.165, 1.54) is 7.11 Å². The first-order chi connectivity index (χ1) is 9.29. The van der Waals surface area contributed by atoms with Gasteiger partial charge in [0.25, 0.3) is 0 Å². The highest BCUT2D eigenvalue weighted by Gasteiger charge is 2.10. The number of nitrogens with zero attached hydrogens (tertiary/aromatic N) is 4. The summed E-state index contributed by atoms with van der Waals surface area (Å²) in [6.07, 6.45) is 4.86. The fourth-order valence-corrected chi connectivity index (χ4v) is 1.81. The van der Waals surface area contributed by atoms with Gasteiger partial charge in [0.05, 0.1) is 12.7 Å². The number of carbonyl (C=O) groups excluding carboxylic acids is 1. The van der Waals surface area contributed by atoms with Gasteiger partial charge in [-0.25, -0.2) is 19.7 Å². The standard InChI is InChI=1S/C13H10N4O2/c1-19-13(18)9-4-6-14-11(7-9)17-8-16-10-3-2-5-15-12(10)17/h2-8H,1H3. The normalized spacial score (nSPS) is 10.6. The van der Waals surface area contributed by atoms with Crippen LogP contribution in [0.2, 0.25) is 0 Å². The Kier molecular flexibility index (Phi) is 2.68. The minimum Gasteiger partial charge on any atom is -0.465 e. The molecule has 0 aliphatic carbocycles. The Hall–Kier alpha value is -2.76. The molecule has 0 saturated carbocycles. The largest absolute Gasteiger partial charge is 0.465 e. The summed E-state index contributed by atoms with van der Waals surface area (Å²) in [4.78, 5) is 24.2. The maximum Gasteiger partial charge on any atom is 0.338 e. The van der Waals surface area contributed by atoms with Crippen molar-refractivity contribution in [2.24, 2.45) is 0 Å². The van der Waals surface area contributed by atoms with Gasteiger partial charge in [0, 0.05) is 12.4 Å². The molecule has 0 saturated heterocycles. The number of carbonyl (C=O) groups is 1. The lowest BCUT2D eigenvalue weighted by Crippen LogP contribution is -2.04. The highest BCUT2D eigenvalue weighted by atomic mass is 16.5. The fraction of sp³-hybridized carbons (Fsp3) is 0.0769. The van der Waals surface area contributed by atoms with Gasteiger partial charge in [-0.05, 0) is 24.3 Å². The summed E-state index contributed by atoms with van der Waals surface area (Å²) < 4.78 is 6.41. The summed E-state index contributed by atoms with van der Waals surface area (Å²) in [6.45, 7) is 0. The van der Waals surface area contributed by atoms with Crippen LogP contribution in [-0.2, 0) is 4.74 Å². The predicted molar refractivity (Wildman–Crippen MR) is 68.0 cm³/mol. The molecule has 0 fully saturated rings. The van der Waals surface area contributed by atoms with E-state index in [9.17, 15) is 4.79 Å². The van der Waals surface area contributed by atoms with Crippen LogP contribution in [0.25, 0.3) is 17.0 Å². The van der Waals surface area contributed by atoms with E-state index >= 15 is 0 Å². The molecule has 94 valence electrons. The average Bonchev–Trinajstić information content (AvgIpc) is 2.90. The Morgan fingerprint density at radius 1 is 1.21 bits per heavy atom. The average molecular weight is 254 g/mol. The Balaban J connectivity index is 2.14. The van der Waals surface area contributed by atoms with Crippen LogP contribution in [0.3, 0.4) is 0 Å². The molecule has 6 heteroatoms. The van der Waals surface area contributed by atoms with Crippen LogP contribution in [0.15, 0.2) is 43.0 Å². The Morgan fingerprint density at radius 3 is 2.95 bits per heavy atom. The topological polar surface area (TPSA) is 69.9 Å². The Labute approximate surface area is 108 Å². The van der Waals surface area contributed by atoms with Crippen LogP contribution in [0, 0.1) is 0 Å². The molecule has 0 aliphatic rings. The van der Waals surface area contributed by atoms with Gasteiger partial charge in [-0.2, -0.15) is 0 Å². The molecular formula is C13H10N4O2. The number of imidazole rings is 1. The van der Waals surface area contributed by atoms with Crippen molar-refractivity contribution < 1.29 is 9.53 Å². The maximum atomic E-state index is 11.5. The third-order valence-electron chi connectivity index (χ3n) is 2.72. The lowest BCUT2D eigenvalue weighted by Gasteiger charge is -2.04. The molecule has 3 aromatic rings. The van der Waals surface area contributed by atoms with Crippen molar-refractivity contribution in [1.82, 2.24) is 19.5 Å². The molecule has 0 N–H and O–H groups in total. The molecule has 0 aromatic carbocycles. The Bertz CT molecular complexity index is 751. The minimum atomic E-state index is -0.402. The summed E-state index contributed by atoms with van der Waals surface area (Å²) in [6, 6.07) is 6.92. The van der Waals surface area contributed by atoms with Gasteiger partial charge in [0.1, 0.15) is 17.7 Å². The molecule has 0 amide bonds. The monoisotopic (exact) mass is 254 g/mol. The molecular weight excluding hydrogens is 244 g/mol. The van der Waals surface area contributed by atoms with Gasteiger partial charge in [0.2, 0.25) is 0 Å². The lowest BCUT2D eigenvalue weighted by molar-refractivity contribution is 0.0600. The molecule has 3 aromatic heterocycles. The number of esters is 1. The second kappa shape index (κ2) is 4.49. The van der Waals surface area contributed by atoms with Crippen molar-refractivity contribution in [3.63, 3.8) is 0 Å². The molecule has 0 bridgehead atoms. The summed E-state index contributed by atoms with van der Waals surface area (Å²) in [7, 11) is 1.34. The van der Waals surface area contributed by atoms with Crippen molar-refractivity contribution in [2.45, 2.75) is 0 Å². The van der Waals surface area contributed by atoms with Crippen LogP contribution in [-0.4, -0.2) is 32.6 Å². The molecule has 3 rings (SSSR count). The summed E-state index contributed by atoms with van der Waals surface area (Å²) in [5.74, 6) is 0.171. The van der Waals surface area contributed by atoms with E-state index in [0.29, 0.717) is 17.0 Å². The first-order valence-corrected chi connectivity index (χ1v) is 5.62. The first kappa shape index (κ1) is 11.3. The van der Waals surface area contributed by atoms with Crippen molar-refractivity contribution in [3.8, 4) is 5.82 Å². The number of rotatable bonds is 2. The van der Waals surface area contributed by atoms with E-state index in [1.807, 2.05) is 12.1 Å². The molecule has 19 heavy (non-hydrogen) atoms. The molecule has 0 unspecified atom stereocenters. The van der Waals surface area contributed by atoms with E-state index in [2.05, 4.69) is 19.7 Å². The van der Waals surface area contributed by atoms with Gasteiger partial charge in [-0.15, -0.1) is 0 Å². The number of pyridine rings is 2. The van der Waals surface area contributed by atoms with E-state index in [0.717, 1.165) is 5.52 Å². The quantitative estimate of drug-likeness (QED) is 0.650. The number of methoxy groups -OCH3 is 1. The van der Waals surface area contributed by atoms with Gasteiger partial charge in [-0.1, -0.05) is 0 Å². The predicted octanol–water partition coefficient (Wildman–Crippen LogP) is 1.60. The zero-order valence-corrected chi connectivity index (χ0v) is 10.1. The van der Waals surface area contributed by atoms with E-state index in [4.69, 9.17) is 0 Å². The van der Waals surface area contributed by atoms with Crippen molar-refractivity contribution >= 4 is 17.1 Å². The molecule has 0 atom stereocenters. The number of hydrogen-bond acceptors (Lipinski definition) is 5. The number of fused-ring (bicyclic) bond motifs is 1. The molecule has 0 spiro atoms. The Morgan fingerprint density at radius 2 is 2.11 bits per heavy atom. The van der Waals surface area contributed by atoms with Gasteiger partial charge < -0.3 is 4.74 Å². The summed E-state index contributed by atoms with van der Waals surface area (Å²) in [5.41, 5.74) is 1.90. The summed E-state index contributed by atoms with van der Waals surface area (Å²) >= 11 is 0. The molecule has 6 nitrogen and oxygen atoms in total. The van der Waals surface area contributed by atoms with Crippen LogP contribution in [0.4, 0.5) is 0 Å². The second-order valence-electron chi connectivity index (χ2n) is 3.86. The van der Waals surface area contributed by atoms with E-state index in [1.54, 1.807) is 35.4 Å². The summed E-state index contributed by atoms with van der Waals surface area (Å²) in [5, 5.41) is 0. The smallest absolute Gasteiger partial charge is 0.338 e. The third kappa shape index (κ3) is 1.93. The fourth-order valence-electron chi connectivity index (χ4n) is 1.81. The molecule has 0 radical (unpaired) electrons. The van der Waals surface area contributed by atoms with Gasteiger partial charge in [0.15, 0.2) is 5.65 Å². The van der Waals surface area contributed by atoms with Crippen LogP contribution < -0.4 is 0 Å². The molecule has 3 heterocycles. The zero-order chi connectivity index (χ0) is 13.2. The first-order valence-electron chi connectivity index (χ1n) is 5.62. The third-order valence-corrected chi connectivity index (χ3v) is 2.72. The number of hydrogen-bond donors (Lipinski definition) is 0. The van der Waals surface area contributed by atoms with Crippen LogP contribution in [0.5, 0.6) is 0 Å². The maximum absolute atomic E-state index is 11.5. The highest BCUT2D eigenvalue weighted by molar-refractivity contribution is 5.89. The van der Waals surface area contributed by atoms with E-state index in [-0.39, 0.29) is 0 Å². The molecule has 0 aliphatic heterocycles. The van der Waals surface area contributed by atoms with Gasteiger partial charge >= 0.3 is 5.97 Å². The number of aromatic nitrogens is 4. The zero-order valence-electron chi connectivity index (χ0n) is 10.1. The van der Waals surface area contributed by atoms with Crippen molar-refractivity contribution in [3.05, 3.63) is 48.5 Å². The SMILES string of the molecule is COC(=O)c1ccnc(-n2cnc3cccnc32)c1. The van der Waals surface area contributed by atoms with E-state index < -0.39 is 5.97 Å². The minimum absolute atomic E-state index is 0.402. The van der Waals surface area contributed by atoms with Crippen LogP contribution in [0.1, 0.15) is 10.4 Å². The number of ether oxygens (including phenoxy) is 1. The van der Waals surface area contributed by atoms with Gasteiger partial charge in [-0.3, -0.25) is 4.57 Å². The highest BCUT2D eigenvalue weighted by Crippen LogP contribution is 2.15. The van der Waals surface area contributed by atoms with Crippen molar-refractivity contribution in [2.75, 3.05) is 7.11 Å². The van der Waals surface area contributed by atoms with Crippen LogP contribution >= 0.6 is 0 Å². The lowest BCUT2D eigenvalue weighted by atomic mass is 10.2.